The van der Waals surface area contributed by atoms with Crippen molar-refractivity contribution < 1.29 is 0 Å². The molecule has 3 nitrogen and oxygen atoms in total. The van der Waals surface area contributed by atoms with Gasteiger partial charge in [0, 0.05) is 12.7 Å². The van der Waals surface area contributed by atoms with Crippen molar-refractivity contribution in [1.29, 1.82) is 0 Å². The van der Waals surface area contributed by atoms with Gasteiger partial charge in [0.05, 0.1) is 22.4 Å². The lowest BCUT2D eigenvalue weighted by Gasteiger charge is -2.04. The molecule has 0 fully saturated rings. The summed E-state index contributed by atoms with van der Waals surface area (Å²) in [5.74, 6) is 0. The molecule has 1 N–H and O–H groups in total. The predicted molar refractivity (Wildman–Crippen MR) is 58.6 cm³/mol. The standard InChI is InChI=1S/C11H13N3/c1-7-8(2)14-11-6-9(12-3)4-5-10(11)13-7/h4-6,12H,1-3H3. The number of anilines is 1. The number of nitrogens with zero attached hydrogens (tertiary/aromatic N) is 2. The fraction of sp³-hybridized carbons (Fsp3) is 0.273. The van der Waals surface area contributed by atoms with Gasteiger partial charge in [-0.15, -0.1) is 0 Å². The van der Waals surface area contributed by atoms with Crippen LogP contribution in [-0.4, -0.2) is 17.0 Å². The van der Waals surface area contributed by atoms with E-state index in [1.165, 1.54) is 0 Å². The number of hydrogen-bond donors (Lipinski definition) is 1. The zero-order chi connectivity index (χ0) is 10.1. The topological polar surface area (TPSA) is 37.8 Å². The highest BCUT2D eigenvalue weighted by molar-refractivity contribution is 5.78. The van der Waals surface area contributed by atoms with Crippen LogP contribution >= 0.6 is 0 Å². The number of fused-ring (bicyclic) bond motifs is 1. The van der Waals surface area contributed by atoms with Crippen LogP contribution in [0.3, 0.4) is 0 Å². The molecular weight excluding hydrogens is 174 g/mol. The third-order valence-corrected chi connectivity index (χ3v) is 2.36. The lowest BCUT2D eigenvalue weighted by Crippen LogP contribution is -1.94. The Bertz CT molecular complexity index is 477. The molecule has 0 aliphatic carbocycles. The molecule has 2 rings (SSSR count). The molecular formula is C11H13N3. The Kier molecular flexibility index (Phi) is 2.08. The van der Waals surface area contributed by atoms with Crippen molar-refractivity contribution in [2.24, 2.45) is 0 Å². The molecule has 2 aromatic rings. The van der Waals surface area contributed by atoms with E-state index < -0.39 is 0 Å². The van der Waals surface area contributed by atoms with E-state index in [0.29, 0.717) is 0 Å². The van der Waals surface area contributed by atoms with Gasteiger partial charge in [-0.1, -0.05) is 0 Å². The van der Waals surface area contributed by atoms with Crippen LogP contribution in [0.1, 0.15) is 11.4 Å². The first-order chi connectivity index (χ1) is 6.70. The lowest BCUT2D eigenvalue weighted by atomic mass is 10.2. The smallest absolute Gasteiger partial charge is 0.0910 e. The second-order valence-corrected chi connectivity index (χ2v) is 3.35. The van der Waals surface area contributed by atoms with Crippen LogP contribution < -0.4 is 5.32 Å². The number of aryl methyl sites for hydroxylation is 2. The zero-order valence-corrected chi connectivity index (χ0v) is 8.63. The summed E-state index contributed by atoms with van der Waals surface area (Å²) in [6, 6.07) is 6.00. The van der Waals surface area contributed by atoms with Gasteiger partial charge in [-0.2, -0.15) is 0 Å². The van der Waals surface area contributed by atoms with Crippen LogP contribution in [0, 0.1) is 13.8 Å². The second kappa shape index (κ2) is 3.25. The maximum Gasteiger partial charge on any atom is 0.0910 e. The molecule has 0 aliphatic heterocycles. The average Bonchev–Trinajstić information content (AvgIpc) is 2.19. The normalized spacial score (nSPS) is 10.5. The van der Waals surface area contributed by atoms with Crippen LogP contribution in [-0.2, 0) is 0 Å². The Balaban J connectivity index is 2.70. The van der Waals surface area contributed by atoms with Gasteiger partial charge in [-0.05, 0) is 32.0 Å². The fourth-order valence-electron chi connectivity index (χ4n) is 1.39. The first kappa shape index (κ1) is 8.94. The fourth-order valence-corrected chi connectivity index (χ4v) is 1.39. The number of rotatable bonds is 1. The van der Waals surface area contributed by atoms with Crippen molar-refractivity contribution in [3.63, 3.8) is 0 Å². The largest absolute Gasteiger partial charge is 0.388 e. The molecule has 0 spiro atoms. The van der Waals surface area contributed by atoms with Crippen LogP contribution in [0.25, 0.3) is 11.0 Å². The van der Waals surface area contributed by atoms with Gasteiger partial charge in [0.2, 0.25) is 0 Å². The third kappa shape index (κ3) is 1.41. The molecule has 0 aliphatic rings. The maximum absolute atomic E-state index is 4.48. The number of aromatic nitrogens is 2. The van der Waals surface area contributed by atoms with Gasteiger partial charge >= 0.3 is 0 Å². The monoisotopic (exact) mass is 187 g/mol. The summed E-state index contributed by atoms with van der Waals surface area (Å²) in [5.41, 5.74) is 4.95. The number of nitrogens with one attached hydrogen (secondary N) is 1. The molecule has 0 amide bonds. The summed E-state index contributed by atoms with van der Waals surface area (Å²) in [5, 5.41) is 3.09. The lowest BCUT2D eigenvalue weighted by molar-refractivity contribution is 1.10. The van der Waals surface area contributed by atoms with E-state index in [9.17, 15) is 0 Å². The Morgan fingerprint density at radius 3 is 2.29 bits per heavy atom. The van der Waals surface area contributed by atoms with E-state index in [4.69, 9.17) is 0 Å². The maximum atomic E-state index is 4.48. The molecule has 0 saturated carbocycles. The van der Waals surface area contributed by atoms with Crippen molar-refractivity contribution in [2.45, 2.75) is 13.8 Å². The first-order valence-electron chi connectivity index (χ1n) is 4.63. The SMILES string of the molecule is CNc1ccc2nc(C)c(C)nc2c1. The van der Waals surface area contributed by atoms with E-state index in [-0.39, 0.29) is 0 Å². The Hall–Kier alpha value is -1.64. The molecule has 72 valence electrons. The minimum atomic E-state index is 0.944. The first-order valence-corrected chi connectivity index (χ1v) is 4.63. The van der Waals surface area contributed by atoms with E-state index in [2.05, 4.69) is 15.3 Å². The van der Waals surface area contributed by atoms with Crippen LogP contribution in [0.5, 0.6) is 0 Å². The van der Waals surface area contributed by atoms with Crippen molar-refractivity contribution in [3.05, 3.63) is 29.6 Å². The highest BCUT2D eigenvalue weighted by Gasteiger charge is 2.01. The third-order valence-electron chi connectivity index (χ3n) is 2.36. The van der Waals surface area contributed by atoms with Crippen molar-refractivity contribution in [3.8, 4) is 0 Å². The minimum Gasteiger partial charge on any atom is -0.388 e. The highest BCUT2D eigenvalue weighted by Crippen LogP contribution is 2.16. The van der Waals surface area contributed by atoms with E-state index in [1.807, 2.05) is 39.1 Å². The number of benzene rings is 1. The summed E-state index contributed by atoms with van der Waals surface area (Å²) in [6.07, 6.45) is 0. The Morgan fingerprint density at radius 1 is 1.00 bits per heavy atom. The van der Waals surface area contributed by atoms with Gasteiger partial charge in [-0.25, -0.2) is 9.97 Å². The number of hydrogen-bond acceptors (Lipinski definition) is 3. The predicted octanol–water partition coefficient (Wildman–Crippen LogP) is 2.29. The van der Waals surface area contributed by atoms with Gasteiger partial charge in [-0.3, -0.25) is 0 Å². The summed E-state index contributed by atoms with van der Waals surface area (Å²) in [6.45, 7) is 3.96. The molecule has 0 saturated heterocycles. The summed E-state index contributed by atoms with van der Waals surface area (Å²) in [4.78, 5) is 8.94. The summed E-state index contributed by atoms with van der Waals surface area (Å²) >= 11 is 0. The van der Waals surface area contributed by atoms with Gasteiger partial charge < -0.3 is 5.32 Å². The summed E-state index contributed by atoms with van der Waals surface area (Å²) in [7, 11) is 1.90. The van der Waals surface area contributed by atoms with Crippen LogP contribution in [0.15, 0.2) is 18.2 Å². The molecule has 1 aromatic carbocycles. The van der Waals surface area contributed by atoms with E-state index in [1.54, 1.807) is 0 Å². The van der Waals surface area contributed by atoms with Crippen molar-refractivity contribution in [1.82, 2.24) is 9.97 Å². The van der Waals surface area contributed by atoms with Gasteiger partial charge in [0.25, 0.3) is 0 Å². The molecule has 1 heterocycles. The minimum absolute atomic E-state index is 0.944. The zero-order valence-electron chi connectivity index (χ0n) is 8.63. The van der Waals surface area contributed by atoms with E-state index >= 15 is 0 Å². The van der Waals surface area contributed by atoms with Crippen LogP contribution in [0.2, 0.25) is 0 Å². The van der Waals surface area contributed by atoms with Crippen LogP contribution in [0.4, 0.5) is 5.69 Å². The Labute approximate surface area is 83.2 Å². The molecule has 14 heavy (non-hydrogen) atoms. The molecule has 0 unspecified atom stereocenters. The van der Waals surface area contributed by atoms with Crippen molar-refractivity contribution in [2.75, 3.05) is 12.4 Å². The highest BCUT2D eigenvalue weighted by atomic mass is 14.8. The molecule has 0 radical (unpaired) electrons. The molecule has 0 bridgehead atoms. The Morgan fingerprint density at radius 2 is 1.64 bits per heavy atom. The second-order valence-electron chi connectivity index (χ2n) is 3.35. The average molecular weight is 187 g/mol. The van der Waals surface area contributed by atoms with Crippen molar-refractivity contribution >= 4 is 16.7 Å². The molecule has 0 atom stereocenters. The molecule has 1 aromatic heterocycles. The molecule has 3 heteroatoms. The van der Waals surface area contributed by atoms with Gasteiger partial charge in [0.1, 0.15) is 0 Å². The summed E-state index contributed by atoms with van der Waals surface area (Å²) < 4.78 is 0. The quantitative estimate of drug-likeness (QED) is 0.744. The van der Waals surface area contributed by atoms with Gasteiger partial charge in [0.15, 0.2) is 0 Å². The van der Waals surface area contributed by atoms with E-state index in [0.717, 1.165) is 28.1 Å².